The van der Waals surface area contributed by atoms with E-state index in [1.54, 1.807) is 17.4 Å². The Morgan fingerprint density at radius 2 is 1.78 bits per heavy atom. The Bertz CT molecular complexity index is 780. The van der Waals surface area contributed by atoms with Crippen molar-refractivity contribution in [3.8, 4) is 22.6 Å². The lowest BCUT2D eigenvalue weighted by molar-refractivity contribution is -0.124. The molecule has 0 aliphatic carbocycles. The van der Waals surface area contributed by atoms with Gasteiger partial charge in [0, 0.05) is 20.3 Å². The van der Waals surface area contributed by atoms with Crippen LogP contribution in [0, 0.1) is 22.7 Å². The van der Waals surface area contributed by atoms with E-state index in [2.05, 4.69) is 15.9 Å². The van der Waals surface area contributed by atoms with E-state index < -0.39 is 0 Å². The number of benzene rings is 1. The third kappa shape index (κ3) is 4.79. The van der Waals surface area contributed by atoms with E-state index >= 15 is 0 Å². The molecule has 0 fully saturated rings. The standard InChI is InChI=1S/C17H12BrN3OS/c18-14-3-1-13(2-4-14)16-7-5-15(23-16)6-8-17(22)21(11-9-19)12-10-20/h1-8H,11-12H2/b8-6+. The van der Waals surface area contributed by atoms with E-state index in [1.807, 2.05) is 48.5 Å². The fourth-order valence-electron chi connectivity index (χ4n) is 1.85. The number of nitriles is 2. The summed E-state index contributed by atoms with van der Waals surface area (Å²) in [6.07, 6.45) is 3.10. The van der Waals surface area contributed by atoms with Crippen LogP contribution in [0.15, 0.2) is 46.9 Å². The maximum Gasteiger partial charge on any atom is 0.248 e. The minimum absolute atomic E-state index is 0.0919. The Hall–Kier alpha value is -2.41. The molecule has 0 radical (unpaired) electrons. The molecule has 0 bridgehead atoms. The molecule has 0 aliphatic rings. The minimum Gasteiger partial charge on any atom is -0.313 e. The van der Waals surface area contributed by atoms with Crippen molar-refractivity contribution in [2.75, 3.05) is 13.1 Å². The topological polar surface area (TPSA) is 67.9 Å². The van der Waals surface area contributed by atoms with Gasteiger partial charge in [0.2, 0.25) is 5.91 Å². The first-order valence-electron chi connectivity index (χ1n) is 6.70. The molecular weight excluding hydrogens is 374 g/mol. The van der Waals surface area contributed by atoms with Crippen molar-refractivity contribution in [2.45, 2.75) is 0 Å². The SMILES string of the molecule is N#CCN(CC#N)C(=O)/C=C/c1ccc(-c2ccc(Br)cc2)s1. The first-order chi connectivity index (χ1) is 11.1. The number of carbonyl (C=O) groups excluding carboxylic acids is 1. The Morgan fingerprint density at radius 1 is 1.13 bits per heavy atom. The van der Waals surface area contributed by atoms with Gasteiger partial charge in [-0.15, -0.1) is 11.3 Å². The van der Waals surface area contributed by atoms with Crippen molar-refractivity contribution in [2.24, 2.45) is 0 Å². The molecule has 1 amide bonds. The van der Waals surface area contributed by atoms with Gasteiger partial charge in [0.15, 0.2) is 0 Å². The van der Waals surface area contributed by atoms with Crippen molar-refractivity contribution < 1.29 is 4.79 Å². The molecule has 0 saturated carbocycles. The predicted molar refractivity (Wildman–Crippen MR) is 94.3 cm³/mol. The van der Waals surface area contributed by atoms with Crippen LogP contribution < -0.4 is 0 Å². The zero-order chi connectivity index (χ0) is 16.7. The average Bonchev–Trinajstić information content (AvgIpc) is 3.02. The molecule has 1 heterocycles. The highest BCUT2D eigenvalue weighted by molar-refractivity contribution is 9.10. The molecule has 1 aromatic heterocycles. The van der Waals surface area contributed by atoms with Crippen LogP contribution in [0.4, 0.5) is 0 Å². The second kappa shape index (κ2) is 8.28. The van der Waals surface area contributed by atoms with Crippen LogP contribution in [0.25, 0.3) is 16.5 Å². The third-order valence-electron chi connectivity index (χ3n) is 2.98. The van der Waals surface area contributed by atoms with Gasteiger partial charge in [0.25, 0.3) is 0 Å². The number of thiophene rings is 1. The number of carbonyl (C=O) groups is 1. The van der Waals surface area contributed by atoms with Gasteiger partial charge in [-0.1, -0.05) is 28.1 Å². The normalized spacial score (nSPS) is 10.2. The average molecular weight is 386 g/mol. The molecule has 2 aromatic rings. The summed E-state index contributed by atoms with van der Waals surface area (Å²) in [5.74, 6) is -0.341. The summed E-state index contributed by atoms with van der Waals surface area (Å²) in [4.78, 5) is 15.2. The Labute approximate surface area is 147 Å². The molecule has 0 N–H and O–H groups in total. The van der Waals surface area contributed by atoms with Gasteiger partial charge >= 0.3 is 0 Å². The lowest BCUT2D eigenvalue weighted by atomic mass is 10.2. The van der Waals surface area contributed by atoms with Gasteiger partial charge in [0.05, 0.1) is 12.1 Å². The largest absolute Gasteiger partial charge is 0.313 e. The molecule has 1 aromatic carbocycles. The van der Waals surface area contributed by atoms with Crippen molar-refractivity contribution in [3.63, 3.8) is 0 Å². The zero-order valence-electron chi connectivity index (χ0n) is 12.1. The molecule has 0 spiro atoms. The van der Waals surface area contributed by atoms with Crippen LogP contribution in [0.2, 0.25) is 0 Å². The summed E-state index contributed by atoms with van der Waals surface area (Å²) in [5, 5.41) is 17.3. The monoisotopic (exact) mass is 385 g/mol. The van der Waals surface area contributed by atoms with Crippen molar-refractivity contribution in [1.29, 1.82) is 10.5 Å². The Kier molecular flexibility index (Phi) is 6.10. The van der Waals surface area contributed by atoms with E-state index in [9.17, 15) is 4.79 Å². The van der Waals surface area contributed by atoms with E-state index in [0.717, 1.165) is 19.8 Å². The minimum atomic E-state index is -0.341. The third-order valence-corrected chi connectivity index (χ3v) is 4.61. The molecule has 23 heavy (non-hydrogen) atoms. The van der Waals surface area contributed by atoms with Gasteiger partial charge < -0.3 is 4.90 Å². The Morgan fingerprint density at radius 3 is 2.39 bits per heavy atom. The highest BCUT2D eigenvalue weighted by Gasteiger charge is 2.09. The molecule has 4 nitrogen and oxygen atoms in total. The first kappa shape index (κ1) is 17.0. The fraction of sp³-hybridized carbons (Fsp3) is 0.118. The second-order valence-electron chi connectivity index (χ2n) is 4.55. The maximum atomic E-state index is 11.9. The zero-order valence-corrected chi connectivity index (χ0v) is 14.5. The second-order valence-corrected chi connectivity index (χ2v) is 6.58. The van der Waals surface area contributed by atoms with Gasteiger partial charge in [0.1, 0.15) is 13.1 Å². The van der Waals surface area contributed by atoms with E-state index in [0.29, 0.717) is 0 Å². The lowest BCUT2D eigenvalue weighted by Crippen LogP contribution is -2.30. The van der Waals surface area contributed by atoms with Crippen molar-refractivity contribution >= 4 is 39.2 Å². The predicted octanol–water partition coefficient (Wildman–Crippen LogP) is 4.07. The van der Waals surface area contributed by atoms with Crippen LogP contribution in [-0.4, -0.2) is 23.9 Å². The summed E-state index contributed by atoms with van der Waals surface area (Å²) in [6, 6.07) is 15.7. The highest BCUT2D eigenvalue weighted by atomic mass is 79.9. The maximum absolute atomic E-state index is 11.9. The molecule has 114 valence electrons. The van der Waals surface area contributed by atoms with Crippen LogP contribution in [0.3, 0.4) is 0 Å². The van der Waals surface area contributed by atoms with Crippen LogP contribution in [-0.2, 0) is 4.79 Å². The molecule has 0 aliphatic heterocycles. The molecule has 0 atom stereocenters. The summed E-state index contributed by atoms with van der Waals surface area (Å²) in [6.45, 7) is -0.184. The number of halogens is 1. The highest BCUT2D eigenvalue weighted by Crippen LogP contribution is 2.29. The van der Waals surface area contributed by atoms with E-state index in [-0.39, 0.29) is 19.0 Å². The molecule has 2 rings (SSSR count). The molecular formula is C17H12BrN3OS. The van der Waals surface area contributed by atoms with Crippen LogP contribution in [0.5, 0.6) is 0 Å². The summed E-state index contributed by atoms with van der Waals surface area (Å²) in [7, 11) is 0. The number of hydrogen-bond donors (Lipinski definition) is 0. The van der Waals surface area contributed by atoms with Crippen LogP contribution >= 0.6 is 27.3 Å². The fourth-order valence-corrected chi connectivity index (χ4v) is 3.03. The molecule has 0 unspecified atom stereocenters. The van der Waals surface area contributed by atoms with Gasteiger partial charge in [-0.25, -0.2) is 0 Å². The summed E-state index contributed by atoms with van der Waals surface area (Å²) in [5.41, 5.74) is 1.11. The summed E-state index contributed by atoms with van der Waals surface area (Å²) >= 11 is 4.98. The van der Waals surface area contributed by atoms with Crippen LogP contribution in [0.1, 0.15) is 4.88 Å². The first-order valence-corrected chi connectivity index (χ1v) is 8.31. The smallest absolute Gasteiger partial charge is 0.248 e. The van der Waals surface area contributed by atoms with Gasteiger partial charge in [-0.2, -0.15) is 10.5 Å². The van der Waals surface area contributed by atoms with E-state index in [4.69, 9.17) is 10.5 Å². The van der Waals surface area contributed by atoms with Gasteiger partial charge in [-0.3, -0.25) is 4.79 Å². The number of amides is 1. The number of hydrogen-bond acceptors (Lipinski definition) is 4. The van der Waals surface area contributed by atoms with Crippen molar-refractivity contribution in [3.05, 3.63) is 51.8 Å². The lowest BCUT2D eigenvalue weighted by Gasteiger charge is -2.12. The molecule has 0 saturated heterocycles. The quantitative estimate of drug-likeness (QED) is 0.575. The van der Waals surface area contributed by atoms with Crippen molar-refractivity contribution in [1.82, 2.24) is 4.90 Å². The van der Waals surface area contributed by atoms with E-state index in [1.165, 1.54) is 11.0 Å². The number of nitrogens with zero attached hydrogens (tertiary/aromatic N) is 3. The molecule has 6 heteroatoms. The Balaban J connectivity index is 2.09. The summed E-state index contributed by atoms with van der Waals surface area (Å²) < 4.78 is 1.03. The van der Waals surface area contributed by atoms with Gasteiger partial charge in [-0.05, 0) is 35.9 Å². The number of rotatable bonds is 5.